The van der Waals surface area contributed by atoms with Gasteiger partial charge < -0.3 is 9.72 Å². The molecule has 1 amide bonds. The molecule has 2 N–H and O–H groups in total. The van der Waals surface area contributed by atoms with Gasteiger partial charge in [0.15, 0.2) is 0 Å². The average Bonchev–Trinajstić information content (AvgIpc) is 2.91. The monoisotopic (exact) mass is 281 g/mol. The van der Waals surface area contributed by atoms with Crippen LogP contribution in [-0.2, 0) is 4.74 Å². The van der Waals surface area contributed by atoms with Crippen molar-refractivity contribution in [2.45, 2.75) is 6.92 Å². The molecular weight excluding hydrogens is 266 g/mol. The fraction of sp³-hybridized carbons (Fsp3) is 0.125. The van der Waals surface area contributed by atoms with E-state index in [-0.39, 0.29) is 0 Å². The van der Waals surface area contributed by atoms with Gasteiger partial charge in [0.1, 0.15) is 5.82 Å². The lowest BCUT2D eigenvalue weighted by atomic mass is 10.2. The highest BCUT2D eigenvalue weighted by atomic mass is 16.5. The van der Waals surface area contributed by atoms with Crippen LogP contribution in [-0.4, -0.2) is 22.7 Å². The van der Waals surface area contributed by atoms with Crippen LogP contribution >= 0.6 is 0 Å². The number of nitrogens with one attached hydrogen (secondary N) is 2. The maximum absolute atomic E-state index is 11.4. The van der Waals surface area contributed by atoms with E-state index in [2.05, 4.69) is 15.3 Å². The van der Waals surface area contributed by atoms with Gasteiger partial charge in [0.25, 0.3) is 0 Å². The molecule has 0 atom stereocenters. The molecule has 5 heteroatoms. The van der Waals surface area contributed by atoms with Gasteiger partial charge in [-0.3, -0.25) is 5.32 Å². The summed E-state index contributed by atoms with van der Waals surface area (Å²) in [5, 5.41) is 2.68. The van der Waals surface area contributed by atoms with Gasteiger partial charge in [0.2, 0.25) is 0 Å². The average molecular weight is 281 g/mol. The number of imidazole rings is 1. The van der Waals surface area contributed by atoms with E-state index in [0.29, 0.717) is 12.3 Å². The molecule has 0 radical (unpaired) electrons. The number of carbonyl (C=O) groups is 1. The third-order valence-corrected chi connectivity index (χ3v) is 3.05. The molecule has 0 spiro atoms. The number of aromatic amines is 1. The molecule has 0 aliphatic carbocycles. The van der Waals surface area contributed by atoms with Crippen LogP contribution in [0.15, 0.2) is 48.5 Å². The molecule has 0 saturated carbocycles. The number of carbonyl (C=O) groups excluding carboxylic acids is 1. The molecule has 0 saturated heterocycles. The lowest BCUT2D eigenvalue weighted by Gasteiger charge is -2.04. The second kappa shape index (κ2) is 5.66. The van der Waals surface area contributed by atoms with Gasteiger partial charge in [-0.25, -0.2) is 9.78 Å². The number of amides is 1. The molecule has 0 fully saturated rings. The summed E-state index contributed by atoms with van der Waals surface area (Å²) in [6, 6.07) is 15.4. The van der Waals surface area contributed by atoms with E-state index >= 15 is 0 Å². The molecule has 0 aliphatic heterocycles. The van der Waals surface area contributed by atoms with Gasteiger partial charge in [0.05, 0.1) is 17.6 Å². The number of hydrogen-bond acceptors (Lipinski definition) is 3. The van der Waals surface area contributed by atoms with Crippen LogP contribution in [0.25, 0.3) is 22.4 Å². The number of aromatic nitrogens is 2. The summed E-state index contributed by atoms with van der Waals surface area (Å²) in [5.74, 6) is 0.805. The number of H-pyrrole nitrogens is 1. The van der Waals surface area contributed by atoms with Crippen LogP contribution in [0.5, 0.6) is 0 Å². The minimum Gasteiger partial charge on any atom is -0.450 e. The fourth-order valence-electron chi connectivity index (χ4n) is 2.11. The first kappa shape index (κ1) is 13.2. The number of rotatable bonds is 3. The van der Waals surface area contributed by atoms with Crippen molar-refractivity contribution in [2.75, 3.05) is 11.9 Å². The fourth-order valence-corrected chi connectivity index (χ4v) is 2.11. The number of hydrogen-bond donors (Lipinski definition) is 2. The van der Waals surface area contributed by atoms with Crippen LogP contribution in [0.2, 0.25) is 0 Å². The largest absolute Gasteiger partial charge is 0.450 e. The molecule has 0 aliphatic rings. The van der Waals surface area contributed by atoms with Crippen molar-refractivity contribution >= 4 is 22.8 Å². The van der Waals surface area contributed by atoms with E-state index in [1.165, 1.54) is 0 Å². The van der Waals surface area contributed by atoms with Crippen molar-refractivity contribution in [1.82, 2.24) is 9.97 Å². The van der Waals surface area contributed by atoms with Crippen molar-refractivity contribution in [1.29, 1.82) is 0 Å². The molecule has 5 nitrogen and oxygen atoms in total. The molecule has 3 aromatic rings. The number of anilines is 1. The van der Waals surface area contributed by atoms with Crippen molar-refractivity contribution in [2.24, 2.45) is 0 Å². The molecule has 1 aromatic heterocycles. The van der Waals surface area contributed by atoms with Crippen LogP contribution in [0, 0.1) is 0 Å². The SMILES string of the molecule is CCOC(=O)Nc1ccc2nc(-c3ccccc3)[nH]c2c1. The summed E-state index contributed by atoms with van der Waals surface area (Å²) in [6.07, 6.45) is -0.459. The first-order chi connectivity index (χ1) is 10.3. The van der Waals surface area contributed by atoms with E-state index in [1.54, 1.807) is 13.0 Å². The van der Waals surface area contributed by atoms with Crippen LogP contribution in [0.1, 0.15) is 6.92 Å². The van der Waals surface area contributed by atoms with E-state index in [9.17, 15) is 4.79 Å². The Labute approximate surface area is 122 Å². The topological polar surface area (TPSA) is 67.0 Å². The summed E-state index contributed by atoms with van der Waals surface area (Å²) in [7, 11) is 0. The summed E-state index contributed by atoms with van der Waals surface area (Å²) < 4.78 is 4.86. The Kier molecular flexibility index (Phi) is 3.55. The summed E-state index contributed by atoms with van der Waals surface area (Å²) in [4.78, 5) is 19.2. The summed E-state index contributed by atoms with van der Waals surface area (Å²) in [5.41, 5.74) is 3.41. The predicted octanol–water partition coefficient (Wildman–Crippen LogP) is 3.80. The second-order valence-electron chi connectivity index (χ2n) is 4.53. The van der Waals surface area contributed by atoms with Crippen LogP contribution in [0.4, 0.5) is 10.5 Å². The quantitative estimate of drug-likeness (QED) is 0.767. The maximum atomic E-state index is 11.4. The van der Waals surface area contributed by atoms with Crippen LogP contribution < -0.4 is 5.32 Å². The number of nitrogens with zero attached hydrogens (tertiary/aromatic N) is 1. The highest BCUT2D eigenvalue weighted by Crippen LogP contribution is 2.22. The van der Waals surface area contributed by atoms with Gasteiger partial charge >= 0.3 is 6.09 Å². The molecule has 21 heavy (non-hydrogen) atoms. The van der Waals surface area contributed by atoms with Crippen molar-refractivity contribution in [3.05, 3.63) is 48.5 Å². The smallest absolute Gasteiger partial charge is 0.411 e. The normalized spacial score (nSPS) is 10.5. The first-order valence-corrected chi connectivity index (χ1v) is 6.75. The number of ether oxygens (including phenoxy) is 1. The van der Waals surface area contributed by atoms with Gasteiger partial charge in [0, 0.05) is 11.3 Å². The Morgan fingerprint density at radius 2 is 2.05 bits per heavy atom. The Hall–Kier alpha value is -2.82. The Balaban J connectivity index is 1.90. The standard InChI is InChI=1S/C16H15N3O2/c1-2-21-16(20)17-12-8-9-13-14(10-12)19-15(18-13)11-6-4-3-5-7-11/h3-10H,2H2,1H3,(H,17,20)(H,18,19). The summed E-state index contributed by atoms with van der Waals surface area (Å²) in [6.45, 7) is 2.11. The number of fused-ring (bicyclic) bond motifs is 1. The molecule has 0 bridgehead atoms. The minimum absolute atomic E-state index is 0.344. The van der Waals surface area contributed by atoms with Gasteiger partial charge in [-0.2, -0.15) is 0 Å². The van der Waals surface area contributed by atoms with Crippen molar-refractivity contribution < 1.29 is 9.53 Å². The molecule has 0 unspecified atom stereocenters. The van der Waals surface area contributed by atoms with Crippen LogP contribution in [0.3, 0.4) is 0 Å². The molecule has 106 valence electrons. The Morgan fingerprint density at radius 3 is 2.81 bits per heavy atom. The Bertz CT molecular complexity index is 766. The summed E-state index contributed by atoms with van der Waals surface area (Å²) >= 11 is 0. The molecule has 3 rings (SSSR count). The zero-order valence-corrected chi connectivity index (χ0v) is 11.6. The van der Waals surface area contributed by atoms with Crippen molar-refractivity contribution in [3.63, 3.8) is 0 Å². The highest BCUT2D eigenvalue weighted by molar-refractivity contribution is 5.89. The lowest BCUT2D eigenvalue weighted by molar-refractivity contribution is 0.168. The predicted molar refractivity (Wildman–Crippen MR) is 82.2 cm³/mol. The van der Waals surface area contributed by atoms with Gasteiger partial charge in [-0.1, -0.05) is 30.3 Å². The number of benzene rings is 2. The highest BCUT2D eigenvalue weighted by Gasteiger charge is 2.07. The molecule has 1 heterocycles. The third-order valence-electron chi connectivity index (χ3n) is 3.05. The Morgan fingerprint density at radius 1 is 1.24 bits per heavy atom. The van der Waals surface area contributed by atoms with Crippen molar-refractivity contribution in [3.8, 4) is 11.4 Å². The minimum atomic E-state index is -0.459. The van der Waals surface area contributed by atoms with Gasteiger partial charge in [-0.05, 0) is 25.1 Å². The van der Waals surface area contributed by atoms with Gasteiger partial charge in [-0.15, -0.1) is 0 Å². The van der Waals surface area contributed by atoms with E-state index in [1.807, 2.05) is 42.5 Å². The zero-order valence-electron chi connectivity index (χ0n) is 11.6. The molecular formula is C16H15N3O2. The maximum Gasteiger partial charge on any atom is 0.411 e. The lowest BCUT2D eigenvalue weighted by Crippen LogP contribution is -2.13. The van der Waals surface area contributed by atoms with E-state index < -0.39 is 6.09 Å². The first-order valence-electron chi connectivity index (χ1n) is 6.75. The van der Waals surface area contributed by atoms with E-state index in [0.717, 1.165) is 22.4 Å². The molecule has 2 aromatic carbocycles. The third kappa shape index (κ3) is 2.86. The second-order valence-corrected chi connectivity index (χ2v) is 4.53. The van der Waals surface area contributed by atoms with E-state index in [4.69, 9.17) is 4.74 Å². The zero-order chi connectivity index (χ0) is 14.7.